The van der Waals surface area contributed by atoms with E-state index in [0.717, 1.165) is 5.52 Å². The van der Waals surface area contributed by atoms with Gasteiger partial charge in [-0.3, -0.25) is 4.98 Å². The summed E-state index contributed by atoms with van der Waals surface area (Å²) in [6.07, 6.45) is 1.84. The zero-order valence-electron chi connectivity index (χ0n) is 9.32. The first kappa shape index (κ1) is 10.5. The zero-order chi connectivity index (χ0) is 10.9. The number of nitrogens with zero attached hydrogens (tertiary/aromatic N) is 1. The van der Waals surface area contributed by atoms with E-state index in [0.29, 0.717) is 0 Å². The minimum Gasteiger partial charge on any atom is -0.256 e. The molecule has 0 atom stereocenters. The molecular weight excluding hydrogens is 202 g/mol. The SMILES string of the molecule is CC(C)(C)Sc1cccc2ncccc12. The number of rotatable bonds is 1. The molecule has 15 heavy (non-hydrogen) atoms. The van der Waals surface area contributed by atoms with Gasteiger partial charge in [-0.1, -0.05) is 32.9 Å². The normalized spacial score (nSPS) is 11.9. The molecule has 0 saturated heterocycles. The fourth-order valence-electron chi connectivity index (χ4n) is 1.49. The summed E-state index contributed by atoms with van der Waals surface area (Å²) in [4.78, 5) is 5.67. The Morgan fingerprint density at radius 3 is 2.60 bits per heavy atom. The number of hydrogen-bond acceptors (Lipinski definition) is 2. The molecule has 0 saturated carbocycles. The summed E-state index contributed by atoms with van der Waals surface area (Å²) in [5.74, 6) is 0. The van der Waals surface area contributed by atoms with Gasteiger partial charge in [0.25, 0.3) is 0 Å². The van der Waals surface area contributed by atoms with E-state index < -0.39 is 0 Å². The lowest BCUT2D eigenvalue weighted by atomic mass is 10.2. The third kappa shape index (κ3) is 2.51. The minimum atomic E-state index is 0.240. The van der Waals surface area contributed by atoms with Gasteiger partial charge in [-0.25, -0.2) is 0 Å². The topological polar surface area (TPSA) is 12.9 Å². The molecule has 2 heteroatoms. The Morgan fingerprint density at radius 1 is 1.07 bits per heavy atom. The molecule has 0 unspecified atom stereocenters. The van der Waals surface area contributed by atoms with Gasteiger partial charge in [-0.2, -0.15) is 0 Å². The Hall–Kier alpha value is -1.02. The second-order valence-corrected chi connectivity index (χ2v) is 6.41. The fourth-order valence-corrected chi connectivity index (χ4v) is 2.58. The first-order valence-corrected chi connectivity index (χ1v) is 5.91. The van der Waals surface area contributed by atoms with Gasteiger partial charge in [-0.05, 0) is 18.2 Å². The predicted octanol–water partition coefficient (Wildman–Crippen LogP) is 4.13. The lowest BCUT2D eigenvalue weighted by Gasteiger charge is -2.18. The predicted molar refractivity (Wildman–Crippen MR) is 67.4 cm³/mol. The van der Waals surface area contributed by atoms with Crippen molar-refractivity contribution in [3.05, 3.63) is 36.5 Å². The van der Waals surface area contributed by atoms with E-state index in [-0.39, 0.29) is 4.75 Å². The average Bonchev–Trinajstić information content (AvgIpc) is 2.16. The molecule has 1 heterocycles. The van der Waals surface area contributed by atoms with Crippen molar-refractivity contribution < 1.29 is 0 Å². The maximum absolute atomic E-state index is 4.36. The van der Waals surface area contributed by atoms with Crippen LogP contribution in [0.2, 0.25) is 0 Å². The van der Waals surface area contributed by atoms with E-state index in [1.165, 1.54) is 10.3 Å². The van der Waals surface area contributed by atoms with E-state index in [1.807, 2.05) is 24.0 Å². The number of benzene rings is 1. The van der Waals surface area contributed by atoms with Crippen molar-refractivity contribution in [3.63, 3.8) is 0 Å². The van der Waals surface area contributed by atoms with Gasteiger partial charge in [0.1, 0.15) is 0 Å². The van der Waals surface area contributed by atoms with Crippen molar-refractivity contribution in [2.24, 2.45) is 0 Å². The summed E-state index contributed by atoms with van der Waals surface area (Å²) in [5.41, 5.74) is 1.08. The van der Waals surface area contributed by atoms with E-state index in [9.17, 15) is 0 Å². The molecule has 0 aliphatic rings. The summed E-state index contributed by atoms with van der Waals surface area (Å²) in [5, 5.41) is 1.25. The van der Waals surface area contributed by atoms with Crippen LogP contribution < -0.4 is 0 Å². The summed E-state index contributed by atoms with van der Waals surface area (Å²) < 4.78 is 0.240. The maximum Gasteiger partial charge on any atom is 0.0713 e. The lowest BCUT2D eigenvalue weighted by Crippen LogP contribution is -2.06. The highest BCUT2D eigenvalue weighted by atomic mass is 32.2. The molecule has 0 radical (unpaired) electrons. The summed E-state index contributed by atoms with van der Waals surface area (Å²) >= 11 is 1.89. The van der Waals surface area contributed by atoms with Crippen LogP contribution in [0.3, 0.4) is 0 Å². The maximum atomic E-state index is 4.36. The Kier molecular flexibility index (Phi) is 2.70. The van der Waals surface area contributed by atoms with E-state index in [2.05, 4.69) is 50.0 Å². The molecule has 1 aromatic heterocycles. The van der Waals surface area contributed by atoms with Crippen LogP contribution in [-0.4, -0.2) is 9.73 Å². The molecule has 0 N–H and O–H groups in total. The summed E-state index contributed by atoms with van der Waals surface area (Å²) in [6.45, 7) is 6.69. The standard InChI is InChI=1S/C13H15NS/c1-13(2,3)15-12-8-4-7-11-10(12)6-5-9-14-11/h4-9H,1-3H3. The second-order valence-electron chi connectivity index (χ2n) is 4.54. The molecule has 1 aromatic carbocycles. The van der Waals surface area contributed by atoms with Crippen molar-refractivity contribution in [2.45, 2.75) is 30.4 Å². The van der Waals surface area contributed by atoms with Crippen molar-refractivity contribution in [3.8, 4) is 0 Å². The molecular formula is C13H15NS. The third-order valence-electron chi connectivity index (χ3n) is 2.02. The van der Waals surface area contributed by atoms with Gasteiger partial charge in [0.2, 0.25) is 0 Å². The van der Waals surface area contributed by atoms with Crippen LogP contribution in [0.4, 0.5) is 0 Å². The van der Waals surface area contributed by atoms with Crippen LogP contribution in [0.15, 0.2) is 41.4 Å². The van der Waals surface area contributed by atoms with Crippen molar-refractivity contribution in [1.82, 2.24) is 4.98 Å². The Morgan fingerprint density at radius 2 is 1.87 bits per heavy atom. The van der Waals surface area contributed by atoms with Crippen molar-refractivity contribution >= 4 is 22.7 Å². The Balaban J connectivity index is 2.52. The van der Waals surface area contributed by atoms with Gasteiger partial charge >= 0.3 is 0 Å². The van der Waals surface area contributed by atoms with Gasteiger partial charge < -0.3 is 0 Å². The first-order chi connectivity index (χ1) is 7.06. The molecule has 0 aliphatic carbocycles. The van der Waals surface area contributed by atoms with Crippen molar-refractivity contribution in [2.75, 3.05) is 0 Å². The molecule has 2 rings (SSSR count). The number of fused-ring (bicyclic) bond motifs is 1. The van der Waals surface area contributed by atoms with Crippen LogP contribution in [-0.2, 0) is 0 Å². The quantitative estimate of drug-likeness (QED) is 0.666. The third-order valence-corrected chi connectivity index (χ3v) is 3.21. The largest absolute Gasteiger partial charge is 0.256 e. The van der Waals surface area contributed by atoms with Gasteiger partial charge in [0.05, 0.1) is 5.52 Å². The Labute approximate surface area is 94.9 Å². The average molecular weight is 217 g/mol. The lowest BCUT2D eigenvalue weighted by molar-refractivity contribution is 0.803. The number of hydrogen-bond donors (Lipinski definition) is 0. The van der Waals surface area contributed by atoms with Crippen molar-refractivity contribution in [1.29, 1.82) is 0 Å². The molecule has 0 fully saturated rings. The van der Waals surface area contributed by atoms with E-state index in [1.54, 1.807) is 0 Å². The highest BCUT2D eigenvalue weighted by molar-refractivity contribution is 8.00. The zero-order valence-corrected chi connectivity index (χ0v) is 10.1. The molecule has 0 amide bonds. The number of thioether (sulfide) groups is 1. The molecule has 2 aromatic rings. The van der Waals surface area contributed by atoms with Crippen LogP contribution in [0, 0.1) is 0 Å². The Bertz CT molecular complexity index is 466. The monoisotopic (exact) mass is 217 g/mol. The van der Waals surface area contributed by atoms with E-state index in [4.69, 9.17) is 0 Å². The highest BCUT2D eigenvalue weighted by Crippen LogP contribution is 2.35. The molecule has 0 spiro atoms. The highest BCUT2D eigenvalue weighted by Gasteiger charge is 2.13. The number of aromatic nitrogens is 1. The first-order valence-electron chi connectivity index (χ1n) is 5.09. The summed E-state index contributed by atoms with van der Waals surface area (Å²) in [7, 11) is 0. The molecule has 1 nitrogen and oxygen atoms in total. The molecule has 0 bridgehead atoms. The van der Waals surface area contributed by atoms with Crippen LogP contribution in [0.1, 0.15) is 20.8 Å². The molecule has 78 valence electrons. The fraction of sp³-hybridized carbons (Fsp3) is 0.308. The second kappa shape index (κ2) is 3.86. The van der Waals surface area contributed by atoms with Crippen LogP contribution in [0.5, 0.6) is 0 Å². The minimum absolute atomic E-state index is 0.240. The van der Waals surface area contributed by atoms with Gasteiger partial charge in [0.15, 0.2) is 0 Å². The smallest absolute Gasteiger partial charge is 0.0713 e. The molecule has 0 aliphatic heterocycles. The van der Waals surface area contributed by atoms with Crippen LogP contribution >= 0.6 is 11.8 Å². The van der Waals surface area contributed by atoms with Crippen LogP contribution in [0.25, 0.3) is 10.9 Å². The summed E-state index contributed by atoms with van der Waals surface area (Å²) in [6, 6.07) is 10.4. The van der Waals surface area contributed by atoms with Gasteiger partial charge in [-0.15, -0.1) is 11.8 Å². The van der Waals surface area contributed by atoms with Gasteiger partial charge in [0, 0.05) is 21.2 Å². The van der Waals surface area contributed by atoms with E-state index >= 15 is 0 Å². The number of pyridine rings is 1.